The number of ether oxygens (including phenoxy) is 2. The van der Waals surface area contributed by atoms with Crippen LogP contribution in [0.15, 0.2) is 24.3 Å². The molecule has 17 heavy (non-hydrogen) atoms. The van der Waals surface area contributed by atoms with Gasteiger partial charge in [0.1, 0.15) is 6.10 Å². The van der Waals surface area contributed by atoms with E-state index < -0.39 is 0 Å². The Bertz CT molecular complexity index is 348. The Morgan fingerprint density at radius 3 is 2.82 bits per heavy atom. The summed E-state index contributed by atoms with van der Waals surface area (Å²) in [5.74, 6) is 0. The van der Waals surface area contributed by atoms with Crippen molar-refractivity contribution in [3.63, 3.8) is 0 Å². The van der Waals surface area contributed by atoms with Gasteiger partial charge in [-0.05, 0) is 18.4 Å². The molecule has 1 atom stereocenters. The first-order chi connectivity index (χ1) is 8.27. The first-order valence-corrected chi connectivity index (χ1v) is 8.85. The Morgan fingerprint density at radius 2 is 2.12 bits per heavy atom. The van der Waals surface area contributed by atoms with Crippen LogP contribution in [0.2, 0.25) is 13.1 Å². The van der Waals surface area contributed by atoms with Crippen molar-refractivity contribution in [1.29, 1.82) is 0 Å². The van der Waals surface area contributed by atoms with Crippen LogP contribution < -0.4 is 5.19 Å². The zero-order valence-corrected chi connectivity index (χ0v) is 11.7. The summed E-state index contributed by atoms with van der Waals surface area (Å²) in [6, 6.07) is 8.83. The van der Waals surface area contributed by atoms with Crippen molar-refractivity contribution in [1.82, 2.24) is 0 Å². The van der Waals surface area contributed by atoms with E-state index in [-0.39, 0.29) is 8.80 Å². The lowest BCUT2D eigenvalue weighted by molar-refractivity contribution is 0.114. The highest BCUT2D eigenvalue weighted by Crippen LogP contribution is 2.09. The van der Waals surface area contributed by atoms with Gasteiger partial charge in [-0.15, -0.1) is 0 Å². The van der Waals surface area contributed by atoms with E-state index in [2.05, 4.69) is 37.4 Å². The molecule has 1 aliphatic heterocycles. The Hall–Kier alpha value is -0.643. The van der Waals surface area contributed by atoms with Gasteiger partial charge in [-0.2, -0.15) is 0 Å². The summed E-state index contributed by atoms with van der Waals surface area (Å²) >= 11 is 0. The molecule has 3 heteroatoms. The smallest absolute Gasteiger partial charge is 0.104 e. The van der Waals surface area contributed by atoms with E-state index in [0.29, 0.717) is 6.10 Å². The monoisotopic (exact) mass is 249 g/mol. The van der Waals surface area contributed by atoms with Crippen molar-refractivity contribution in [3.05, 3.63) is 29.8 Å². The average Bonchev–Trinajstić information content (AvgIpc) is 3.13. The third-order valence-electron chi connectivity index (χ3n) is 3.00. The fourth-order valence-electron chi connectivity index (χ4n) is 1.97. The predicted molar refractivity (Wildman–Crippen MR) is 72.4 cm³/mol. The Balaban J connectivity index is 1.73. The highest BCUT2D eigenvalue weighted by Gasteiger charge is 2.21. The van der Waals surface area contributed by atoms with E-state index in [1.54, 1.807) is 5.19 Å². The average molecular weight is 249 g/mol. The van der Waals surface area contributed by atoms with Crippen molar-refractivity contribution < 1.29 is 9.47 Å². The molecule has 1 unspecified atom stereocenters. The third-order valence-corrected chi connectivity index (χ3v) is 4.56. The molecule has 1 saturated heterocycles. The second-order valence-corrected chi connectivity index (χ2v) is 7.33. The van der Waals surface area contributed by atoms with Gasteiger partial charge < -0.3 is 9.47 Å². The molecule has 1 radical (unpaired) electrons. The lowest BCUT2D eigenvalue weighted by atomic mass is 10.1. The van der Waals surface area contributed by atoms with Crippen LogP contribution in [0.5, 0.6) is 0 Å². The Kier molecular flexibility index (Phi) is 4.77. The quantitative estimate of drug-likeness (QED) is 0.419. The van der Waals surface area contributed by atoms with Gasteiger partial charge in [0.15, 0.2) is 0 Å². The molecular formula is C14H21O2Si. The summed E-state index contributed by atoms with van der Waals surface area (Å²) < 4.78 is 10.7. The van der Waals surface area contributed by atoms with Crippen LogP contribution >= 0.6 is 0 Å². The molecule has 1 aliphatic rings. The standard InChI is InChI=1S/C14H21O2Si/c1-17(2)14-8-4-3-6-12(14)7-5-9-15-10-13-11-16-13/h3-4,6,8,13H,5,7,9-11H2,1-2H3. The van der Waals surface area contributed by atoms with Crippen molar-refractivity contribution >= 4 is 14.0 Å². The molecule has 0 spiro atoms. The van der Waals surface area contributed by atoms with Gasteiger partial charge in [0.05, 0.1) is 22.0 Å². The minimum absolute atomic E-state index is 0.348. The predicted octanol–water partition coefficient (Wildman–Crippen LogP) is 2.00. The number of benzene rings is 1. The van der Waals surface area contributed by atoms with Crippen molar-refractivity contribution in [2.75, 3.05) is 19.8 Å². The largest absolute Gasteiger partial charge is 0.379 e. The number of hydrogen-bond acceptors (Lipinski definition) is 2. The van der Waals surface area contributed by atoms with Crippen molar-refractivity contribution in [3.8, 4) is 0 Å². The van der Waals surface area contributed by atoms with Gasteiger partial charge in [-0.1, -0.05) is 42.5 Å². The highest BCUT2D eigenvalue weighted by atomic mass is 28.3. The molecule has 1 aromatic rings. The van der Waals surface area contributed by atoms with E-state index in [4.69, 9.17) is 9.47 Å². The SMILES string of the molecule is C[Si](C)c1ccccc1CCCOCC1CO1. The summed E-state index contributed by atoms with van der Waals surface area (Å²) in [6.45, 7) is 7.22. The second-order valence-electron chi connectivity index (χ2n) is 4.79. The minimum atomic E-state index is -0.348. The molecule has 2 nitrogen and oxygen atoms in total. The molecule has 0 bridgehead atoms. The fraction of sp³-hybridized carbons (Fsp3) is 0.571. The lowest BCUT2D eigenvalue weighted by Gasteiger charge is -2.11. The second kappa shape index (κ2) is 6.33. The van der Waals surface area contributed by atoms with Crippen molar-refractivity contribution in [2.24, 2.45) is 0 Å². The summed E-state index contributed by atoms with van der Waals surface area (Å²) in [6.07, 6.45) is 2.64. The van der Waals surface area contributed by atoms with Gasteiger partial charge >= 0.3 is 0 Å². The van der Waals surface area contributed by atoms with E-state index >= 15 is 0 Å². The van der Waals surface area contributed by atoms with Crippen molar-refractivity contribution in [2.45, 2.75) is 32.0 Å². The summed E-state index contributed by atoms with van der Waals surface area (Å²) in [5.41, 5.74) is 1.51. The first-order valence-electron chi connectivity index (χ1n) is 6.35. The molecule has 0 aliphatic carbocycles. The molecule has 0 amide bonds. The van der Waals surface area contributed by atoms with Crippen LogP contribution in [-0.2, 0) is 15.9 Å². The molecular weight excluding hydrogens is 228 g/mol. The highest BCUT2D eigenvalue weighted by molar-refractivity contribution is 6.71. The normalized spacial score (nSPS) is 18.6. The Morgan fingerprint density at radius 1 is 1.35 bits per heavy atom. The molecule has 1 fully saturated rings. The zero-order chi connectivity index (χ0) is 12.1. The van der Waals surface area contributed by atoms with E-state index in [9.17, 15) is 0 Å². The van der Waals surface area contributed by atoms with Crippen LogP contribution in [0, 0.1) is 0 Å². The maximum absolute atomic E-state index is 5.56. The van der Waals surface area contributed by atoms with Crippen LogP contribution in [0.4, 0.5) is 0 Å². The summed E-state index contributed by atoms with van der Waals surface area (Å²) in [5, 5.41) is 1.57. The number of hydrogen-bond donors (Lipinski definition) is 0. The maximum Gasteiger partial charge on any atom is 0.104 e. The molecule has 2 rings (SSSR count). The fourth-order valence-corrected chi connectivity index (χ4v) is 3.25. The molecule has 93 valence electrons. The molecule has 0 N–H and O–H groups in total. The number of rotatable bonds is 7. The van der Waals surface area contributed by atoms with Crippen LogP contribution in [0.25, 0.3) is 0 Å². The molecule has 1 heterocycles. The first kappa shape index (κ1) is 12.8. The van der Waals surface area contributed by atoms with Gasteiger partial charge in [-0.25, -0.2) is 0 Å². The van der Waals surface area contributed by atoms with Gasteiger partial charge in [-0.3, -0.25) is 0 Å². The Labute approximate surface area is 106 Å². The molecule has 0 saturated carbocycles. The van der Waals surface area contributed by atoms with Crippen LogP contribution in [0.3, 0.4) is 0 Å². The van der Waals surface area contributed by atoms with Gasteiger partial charge in [0.25, 0.3) is 0 Å². The van der Waals surface area contributed by atoms with E-state index in [1.807, 2.05) is 0 Å². The van der Waals surface area contributed by atoms with Gasteiger partial charge in [0.2, 0.25) is 0 Å². The lowest BCUT2D eigenvalue weighted by Crippen LogP contribution is -2.26. The van der Waals surface area contributed by atoms with E-state index in [1.165, 1.54) is 5.56 Å². The minimum Gasteiger partial charge on any atom is -0.379 e. The molecule has 0 aromatic heterocycles. The third kappa shape index (κ3) is 4.26. The topological polar surface area (TPSA) is 21.8 Å². The van der Waals surface area contributed by atoms with Crippen LogP contribution in [0.1, 0.15) is 12.0 Å². The zero-order valence-electron chi connectivity index (χ0n) is 10.7. The summed E-state index contributed by atoms with van der Waals surface area (Å²) in [4.78, 5) is 0. The number of epoxide rings is 1. The van der Waals surface area contributed by atoms with Gasteiger partial charge in [0, 0.05) is 6.61 Å². The number of aryl methyl sites for hydroxylation is 1. The summed E-state index contributed by atoms with van der Waals surface area (Å²) in [7, 11) is -0.348. The maximum atomic E-state index is 5.56. The van der Waals surface area contributed by atoms with E-state index in [0.717, 1.165) is 32.7 Å². The molecule has 1 aromatic carbocycles. The van der Waals surface area contributed by atoms with Crippen LogP contribution in [-0.4, -0.2) is 34.7 Å².